The molecule has 0 bridgehead atoms. The maximum Gasteiger partial charge on any atom is 0.0636 e. The van der Waals surface area contributed by atoms with E-state index in [2.05, 4.69) is 17.1 Å². The standard InChI is InChI=1S/C11H24N2O/c1-10(8-12-9-11(2)14)13-6-4-3-5-7-13/h10-12,14H,3-9H2,1-2H3. The smallest absolute Gasteiger partial charge is 0.0636 e. The minimum Gasteiger partial charge on any atom is -0.392 e. The summed E-state index contributed by atoms with van der Waals surface area (Å²) in [4.78, 5) is 2.54. The third-order valence-corrected chi connectivity index (χ3v) is 2.89. The summed E-state index contributed by atoms with van der Waals surface area (Å²) in [5.41, 5.74) is 0. The highest BCUT2D eigenvalue weighted by molar-refractivity contribution is 4.73. The monoisotopic (exact) mass is 200 g/mol. The maximum atomic E-state index is 9.10. The van der Waals surface area contributed by atoms with E-state index in [9.17, 15) is 0 Å². The molecule has 2 unspecified atom stereocenters. The molecule has 0 amide bonds. The lowest BCUT2D eigenvalue weighted by atomic mass is 10.1. The van der Waals surface area contributed by atoms with E-state index in [1.807, 2.05) is 6.92 Å². The molecule has 1 rings (SSSR count). The highest BCUT2D eigenvalue weighted by atomic mass is 16.3. The summed E-state index contributed by atoms with van der Waals surface area (Å²) < 4.78 is 0. The number of rotatable bonds is 5. The van der Waals surface area contributed by atoms with E-state index < -0.39 is 0 Å². The van der Waals surface area contributed by atoms with E-state index in [1.54, 1.807) is 0 Å². The van der Waals surface area contributed by atoms with Gasteiger partial charge in [-0.05, 0) is 39.8 Å². The van der Waals surface area contributed by atoms with Crippen molar-refractivity contribution in [1.82, 2.24) is 10.2 Å². The maximum absolute atomic E-state index is 9.10. The van der Waals surface area contributed by atoms with Gasteiger partial charge in [0.1, 0.15) is 0 Å². The fourth-order valence-electron chi connectivity index (χ4n) is 1.99. The minimum atomic E-state index is -0.233. The summed E-state index contributed by atoms with van der Waals surface area (Å²) in [6, 6.07) is 0.606. The Labute approximate surface area is 87.5 Å². The molecule has 0 saturated carbocycles. The molecule has 1 fully saturated rings. The van der Waals surface area contributed by atoms with Gasteiger partial charge < -0.3 is 10.4 Å². The van der Waals surface area contributed by atoms with Crippen LogP contribution in [0.15, 0.2) is 0 Å². The van der Waals surface area contributed by atoms with Crippen molar-refractivity contribution in [2.45, 2.75) is 45.3 Å². The average molecular weight is 200 g/mol. The first-order valence-electron chi connectivity index (χ1n) is 5.83. The second-order valence-corrected chi connectivity index (χ2v) is 4.45. The van der Waals surface area contributed by atoms with Gasteiger partial charge in [-0.15, -0.1) is 0 Å². The Hall–Kier alpha value is -0.120. The Morgan fingerprint density at radius 2 is 1.79 bits per heavy atom. The molecule has 2 atom stereocenters. The first-order valence-corrected chi connectivity index (χ1v) is 5.83. The summed E-state index contributed by atoms with van der Waals surface area (Å²) in [5, 5.41) is 12.4. The summed E-state index contributed by atoms with van der Waals surface area (Å²) in [5.74, 6) is 0. The van der Waals surface area contributed by atoms with E-state index >= 15 is 0 Å². The van der Waals surface area contributed by atoms with Gasteiger partial charge in [-0.2, -0.15) is 0 Å². The van der Waals surface area contributed by atoms with Crippen LogP contribution in [0.1, 0.15) is 33.1 Å². The summed E-state index contributed by atoms with van der Waals surface area (Å²) in [6.45, 7) is 8.27. The number of aliphatic hydroxyl groups is 1. The highest BCUT2D eigenvalue weighted by Crippen LogP contribution is 2.11. The van der Waals surface area contributed by atoms with E-state index in [4.69, 9.17) is 5.11 Å². The lowest BCUT2D eigenvalue weighted by molar-refractivity contribution is 0.157. The Bertz CT molecular complexity index is 144. The van der Waals surface area contributed by atoms with Crippen LogP contribution in [0.3, 0.4) is 0 Å². The lowest BCUT2D eigenvalue weighted by Gasteiger charge is -2.32. The number of aliphatic hydroxyl groups excluding tert-OH is 1. The van der Waals surface area contributed by atoms with Crippen LogP contribution in [0.5, 0.6) is 0 Å². The number of hydrogen-bond acceptors (Lipinski definition) is 3. The van der Waals surface area contributed by atoms with Gasteiger partial charge >= 0.3 is 0 Å². The van der Waals surface area contributed by atoms with Crippen LogP contribution in [0.25, 0.3) is 0 Å². The quantitative estimate of drug-likeness (QED) is 0.690. The molecule has 0 aliphatic carbocycles. The number of likely N-dealkylation sites (tertiary alicyclic amines) is 1. The topological polar surface area (TPSA) is 35.5 Å². The van der Waals surface area contributed by atoms with E-state index in [-0.39, 0.29) is 6.10 Å². The normalized spacial score (nSPS) is 23.4. The van der Waals surface area contributed by atoms with E-state index in [0.29, 0.717) is 12.6 Å². The molecule has 0 spiro atoms. The molecule has 0 radical (unpaired) electrons. The summed E-state index contributed by atoms with van der Waals surface area (Å²) >= 11 is 0. The molecule has 1 aliphatic heterocycles. The van der Waals surface area contributed by atoms with E-state index in [0.717, 1.165) is 6.54 Å². The molecule has 0 aromatic carbocycles. The molecule has 0 aromatic heterocycles. The molecule has 1 aliphatic rings. The average Bonchev–Trinajstić information content (AvgIpc) is 2.18. The largest absolute Gasteiger partial charge is 0.392 e. The van der Waals surface area contributed by atoms with Crippen LogP contribution >= 0.6 is 0 Å². The van der Waals surface area contributed by atoms with Crippen molar-refractivity contribution in [1.29, 1.82) is 0 Å². The lowest BCUT2D eigenvalue weighted by Crippen LogP contribution is -2.44. The van der Waals surface area contributed by atoms with Crippen molar-refractivity contribution < 1.29 is 5.11 Å². The van der Waals surface area contributed by atoms with Crippen LogP contribution in [-0.2, 0) is 0 Å². The van der Waals surface area contributed by atoms with Gasteiger partial charge in [0.05, 0.1) is 6.10 Å². The Balaban J connectivity index is 2.10. The van der Waals surface area contributed by atoms with Crippen LogP contribution in [0, 0.1) is 0 Å². The number of nitrogens with one attached hydrogen (secondary N) is 1. The van der Waals surface area contributed by atoms with Gasteiger partial charge in [-0.3, -0.25) is 4.90 Å². The second-order valence-electron chi connectivity index (χ2n) is 4.45. The minimum absolute atomic E-state index is 0.233. The molecule has 1 saturated heterocycles. The van der Waals surface area contributed by atoms with Crippen molar-refractivity contribution >= 4 is 0 Å². The van der Waals surface area contributed by atoms with Crippen LogP contribution in [0.4, 0.5) is 0 Å². The second kappa shape index (κ2) is 6.38. The first-order chi connectivity index (χ1) is 6.70. The van der Waals surface area contributed by atoms with Crippen molar-refractivity contribution in [2.24, 2.45) is 0 Å². The fourth-order valence-corrected chi connectivity index (χ4v) is 1.99. The molecule has 3 nitrogen and oxygen atoms in total. The molecule has 1 heterocycles. The number of nitrogens with zero attached hydrogens (tertiary/aromatic N) is 1. The van der Waals surface area contributed by atoms with Gasteiger partial charge in [-0.25, -0.2) is 0 Å². The third kappa shape index (κ3) is 4.40. The van der Waals surface area contributed by atoms with Gasteiger partial charge in [0.25, 0.3) is 0 Å². The molecule has 2 N–H and O–H groups in total. The predicted molar refractivity (Wildman–Crippen MR) is 59.4 cm³/mol. The van der Waals surface area contributed by atoms with Crippen LogP contribution in [0.2, 0.25) is 0 Å². The van der Waals surface area contributed by atoms with Crippen molar-refractivity contribution in [3.8, 4) is 0 Å². The molecule has 3 heteroatoms. The predicted octanol–water partition coefficient (Wildman–Crippen LogP) is 0.831. The van der Waals surface area contributed by atoms with Gasteiger partial charge in [0, 0.05) is 19.1 Å². The van der Waals surface area contributed by atoms with Gasteiger partial charge in [-0.1, -0.05) is 6.42 Å². The number of hydrogen-bond donors (Lipinski definition) is 2. The molecular formula is C11H24N2O. The van der Waals surface area contributed by atoms with Crippen molar-refractivity contribution in [3.05, 3.63) is 0 Å². The molecular weight excluding hydrogens is 176 g/mol. The zero-order chi connectivity index (χ0) is 10.4. The fraction of sp³-hybridized carbons (Fsp3) is 1.00. The molecule has 14 heavy (non-hydrogen) atoms. The Kier molecular flexibility index (Phi) is 5.45. The highest BCUT2D eigenvalue weighted by Gasteiger charge is 2.15. The van der Waals surface area contributed by atoms with E-state index in [1.165, 1.54) is 32.4 Å². The van der Waals surface area contributed by atoms with Crippen molar-refractivity contribution in [2.75, 3.05) is 26.2 Å². The zero-order valence-electron chi connectivity index (χ0n) is 9.50. The SMILES string of the molecule is CC(O)CNCC(C)N1CCCCC1. The zero-order valence-corrected chi connectivity index (χ0v) is 9.50. The summed E-state index contributed by atoms with van der Waals surface area (Å²) in [7, 11) is 0. The Morgan fingerprint density at radius 1 is 1.14 bits per heavy atom. The third-order valence-electron chi connectivity index (χ3n) is 2.89. The van der Waals surface area contributed by atoms with Crippen LogP contribution < -0.4 is 5.32 Å². The number of piperidine rings is 1. The van der Waals surface area contributed by atoms with Gasteiger partial charge in [0.15, 0.2) is 0 Å². The molecule has 84 valence electrons. The first kappa shape index (κ1) is 12.0. The van der Waals surface area contributed by atoms with Crippen molar-refractivity contribution in [3.63, 3.8) is 0 Å². The summed E-state index contributed by atoms with van der Waals surface area (Å²) in [6.07, 6.45) is 3.86. The van der Waals surface area contributed by atoms with Gasteiger partial charge in [0.2, 0.25) is 0 Å². The Morgan fingerprint density at radius 3 is 2.36 bits per heavy atom. The molecule has 0 aromatic rings. The van der Waals surface area contributed by atoms with Crippen LogP contribution in [-0.4, -0.2) is 48.3 Å².